The van der Waals surface area contributed by atoms with Gasteiger partial charge in [-0.15, -0.1) is 0 Å². The minimum absolute atomic E-state index is 0.0868. The van der Waals surface area contributed by atoms with E-state index in [1.54, 1.807) is 0 Å². The van der Waals surface area contributed by atoms with Crippen LogP contribution in [0.1, 0.15) is 0 Å². The Morgan fingerprint density at radius 1 is 0.415 bits per heavy atom. The molecular weight excluding hydrogens is 511 g/mol. The van der Waals surface area contributed by atoms with Gasteiger partial charge in [0.2, 0.25) is 0 Å². The molecule has 0 radical (unpaired) electrons. The standard InChI is InChI=1S/C38H25BOSi/c1-3-14-26(15-4-1)41(27-16-5-2-6-17-27)34-24-12-11-22-32(34)39-36-30-20-9-7-18-28(30)29-19-8-10-21-31(29)38(36)40-33-23-13-25-35(41)37(33)39/h1-25H. The molecule has 3 heteroatoms. The second kappa shape index (κ2) is 8.57. The quantitative estimate of drug-likeness (QED) is 0.237. The lowest BCUT2D eigenvalue weighted by Gasteiger charge is -2.45. The molecule has 0 amide bonds. The van der Waals surface area contributed by atoms with E-state index < -0.39 is 8.07 Å². The molecule has 0 N–H and O–H groups in total. The molecule has 0 atom stereocenters. The van der Waals surface area contributed by atoms with Gasteiger partial charge in [0.15, 0.2) is 8.07 Å². The highest BCUT2D eigenvalue weighted by atomic mass is 28.3. The smallest absolute Gasteiger partial charge is 0.251 e. The second-order valence-electron chi connectivity index (χ2n) is 11.2. The summed E-state index contributed by atoms with van der Waals surface area (Å²) in [5.74, 6) is 1.98. The van der Waals surface area contributed by atoms with Crippen LogP contribution in [0.4, 0.5) is 0 Å². The van der Waals surface area contributed by atoms with Crippen LogP contribution in [0.25, 0.3) is 21.5 Å². The number of rotatable bonds is 2. The largest absolute Gasteiger partial charge is 0.458 e. The molecule has 7 aromatic rings. The van der Waals surface area contributed by atoms with Gasteiger partial charge in [0, 0.05) is 5.39 Å². The zero-order valence-corrected chi connectivity index (χ0v) is 23.4. The molecule has 0 saturated carbocycles. The van der Waals surface area contributed by atoms with Crippen molar-refractivity contribution in [1.82, 2.24) is 0 Å². The van der Waals surface area contributed by atoms with E-state index in [1.165, 1.54) is 58.7 Å². The third-order valence-electron chi connectivity index (χ3n) is 9.27. The summed E-state index contributed by atoms with van der Waals surface area (Å²) >= 11 is 0. The van der Waals surface area contributed by atoms with Crippen molar-refractivity contribution in [3.8, 4) is 11.5 Å². The van der Waals surface area contributed by atoms with E-state index in [0.717, 1.165) is 11.5 Å². The van der Waals surface area contributed by atoms with Crippen molar-refractivity contribution in [2.75, 3.05) is 0 Å². The van der Waals surface area contributed by atoms with Gasteiger partial charge in [-0.05, 0) is 53.9 Å². The van der Waals surface area contributed by atoms with E-state index in [0.29, 0.717) is 0 Å². The molecule has 0 bridgehead atoms. The van der Waals surface area contributed by atoms with Crippen LogP contribution in [-0.2, 0) is 0 Å². The van der Waals surface area contributed by atoms with Crippen LogP contribution < -0.4 is 41.9 Å². The van der Waals surface area contributed by atoms with Crippen LogP contribution in [0, 0.1) is 0 Å². The van der Waals surface area contributed by atoms with Gasteiger partial charge >= 0.3 is 0 Å². The summed E-state index contributed by atoms with van der Waals surface area (Å²) in [7, 11) is -2.65. The van der Waals surface area contributed by atoms with Crippen molar-refractivity contribution in [2.24, 2.45) is 0 Å². The van der Waals surface area contributed by atoms with Crippen LogP contribution in [0.2, 0.25) is 0 Å². The van der Waals surface area contributed by atoms with Gasteiger partial charge in [-0.1, -0.05) is 151 Å². The normalized spacial score (nSPS) is 14.2. The lowest BCUT2D eigenvalue weighted by molar-refractivity contribution is 0.494. The molecule has 0 unspecified atom stereocenters. The Morgan fingerprint density at radius 3 is 1.66 bits per heavy atom. The predicted octanol–water partition coefficient (Wildman–Crippen LogP) is 4.31. The second-order valence-corrected chi connectivity index (χ2v) is 14.9. The molecule has 0 saturated heterocycles. The van der Waals surface area contributed by atoms with Gasteiger partial charge in [-0.25, -0.2) is 0 Å². The van der Waals surface area contributed by atoms with Crippen molar-refractivity contribution in [3.63, 3.8) is 0 Å². The summed E-state index contributed by atoms with van der Waals surface area (Å²) in [5.41, 5.74) is 4.02. The summed E-state index contributed by atoms with van der Waals surface area (Å²) in [6.07, 6.45) is 0. The zero-order chi connectivity index (χ0) is 27.0. The first-order valence-corrected chi connectivity index (χ1v) is 16.3. The van der Waals surface area contributed by atoms with Gasteiger partial charge in [0.25, 0.3) is 6.71 Å². The Bertz CT molecular complexity index is 2100. The molecule has 0 fully saturated rings. The Morgan fingerprint density at radius 2 is 0.951 bits per heavy atom. The Kier molecular flexibility index (Phi) is 4.79. The first kappa shape index (κ1) is 22.9. The van der Waals surface area contributed by atoms with Gasteiger partial charge in [0.1, 0.15) is 11.5 Å². The highest BCUT2D eigenvalue weighted by Gasteiger charge is 2.52. The molecule has 190 valence electrons. The average molecular weight is 537 g/mol. The summed E-state index contributed by atoms with van der Waals surface area (Å²) in [6, 6.07) is 56.0. The molecule has 41 heavy (non-hydrogen) atoms. The monoisotopic (exact) mass is 536 g/mol. The van der Waals surface area contributed by atoms with E-state index in [4.69, 9.17) is 4.74 Å². The van der Waals surface area contributed by atoms with E-state index >= 15 is 0 Å². The molecule has 9 rings (SSSR count). The molecule has 2 aliphatic heterocycles. The minimum atomic E-state index is -2.65. The van der Waals surface area contributed by atoms with Crippen molar-refractivity contribution in [3.05, 3.63) is 152 Å². The first-order valence-electron chi connectivity index (χ1n) is 14.3. The first-order chi connectivity index (χ1) is 20.4. The average Bonchev–Trinajstić information content (AvgIpc) is 3.06. The fraction of sp³-hybridized carbons (Fsp3) is 0. The van der Waals surface area contributed by atoms with Crippen molar-refractivity contribution in [2.45, 2.75) is 0 Å². The number of hydrogen-bond donors (Lipinski definition) is 0. The number of benzene rings is 7. The van der Waals surface area contributed by atoms with Gasteiger partial charge in [-0.3, -0.25) is 0 Å². The van der Waals surface area contributed by atoms with Gasteiger partial charge in [-0.2, -0.15) is 0 Å². The highest BCUT2D eigenvalue weighted by Crippen LogP contribution is 2.37. The SMILES string of the molecule is c1ccc([Si]2(c3ccccc3)c3ccccc3B3c4c(cccc42)Oc2c3c3ccccc3c3ccccc23)cc1. The molecular formula is C38H25BOSi. The van der Waals surface area contributed by atoms with E-state index in [9.17, 15) is 0 Å². The van der Waals surface area contributed by atoms with Crippen LogP contribution >= 0.6 is 0 Å². The van der Waals surface area contributed by atoms with Crippen LogP contribution in [-0.4, -0.2) is 14.8 Å². The predicted molar refractivity (Wildman–Crippen MR) is 176 cm³/mol. The summed E-state index contributed by atoms with van der Waals surface area (Å²) in [4.78, 5) is 0. The molecule has 2 aliphatic rings. The summed E-state index contributed by atoms with van der Waals surface area (Å²) < 4.78 is 7.05. The maximum absolute atomic E-state index is 7.05. The topological polar surface area (TPSA) is 9.23 Å². The summed E-state index contributed by atoms with van der Waals surface area (Å²) in [6.45, 7) is 0.0868. The Balaban J connectivity index is 1.48. The van der Waals surface area contributed by atoms with Crippen molar-refractivity contribution in [1.29, 1.82) is 0 Å². The molecule has 0 aliphatic carbocycles. The maximum Gasteiger partial charge on any atom is 0.251 e. The minimum Gasteiger partial charge on any atom is -0.458 e. The molecule has 1 nitrogen and oxygen atoms in total. The molecule has 2 heterocycles. The number of fused-ring (bicyclic) bond motifs is 9. The van der Waals surface area contributed by atoms with Crippen molar-refractivity contribution < 1.29 is 4.74 Å². The fourth-order valence-corrected chi connectivity index (χ4v) is 13.0. The number of ether oxygens (including phenoxy) is 1. The Labute approximate surface area is 240 Å². The third kappa shape index (κ3) is 2.96. The highest BCUT2D eigenvalue weighted by molar-refractivity contribution is 7.26. The molecule has 7 aromatic carbocycles. The van der Waals surface area contributed by atoms with Crippen LogP contribution in [0.15, 0.2) is 152 Å². The summed E-state index contributed by atoms with van der Waals surface area (Å²) in [5, 5.41) is 10.7. The van der Waals surface area contributed by atoms with Crippen molar-refractivity contribution >= 4 is 73.5 Å². The molecule has 0 aromatic heterocycles. The van der Waals surface area contributed by atoms with Crippen LogP contribution in [0.3, 0.4) is 0 Å². The lowest BCUT2D eigenvalue weighted by Crippen LogP contribution is -2.87. The molecule has 0 spiro atoms. The third-order valence-corrected chi connectivity index (χ3v) is 14.2. The van der Waals surface area contributed by atoms with E-state index in [2.05, 4.69) is 152 Å². The van der Waals surface area contributed by atoms with E-state index in [-0.39, 0.29) is 6.71 Å². The maximum atomic E-state index is 7.05. The van der Waals surface area contributed by atoms with Gasteiger partial charge < -0.3 is 4.74 Å². The lowest BCUT2D eigenvalue weighted by atomic mass is 9.35. The fourth-order valence-electron chi connectivity index (χ4n) is 7.76. The van der Waals surface area contributed by atoms with Crippen LogP contribution in [0.5, 0.6) is 11.5 Å². The Hall–Kier alpha value is -4.86. The zero-order valence-electron chi connectivity index (χ0n) is 22.4. The number of hydrogen-bond acceptors (Lipinski definition) is 1. The van der Waals surface area contributed by atoms with E-state index in [1.807, 2.05) is 0 Å². The van der Waals surface area contributed by atoms with Gasteiger partial charge in [0.05, 0.1) is 0 Å².